The molecule has 1 aromatic carbocycles. The van der Waals surface area contributed by atoms with Crippen LogP contribution in [0.15, 0.2) is 28.8 Å². The van der Waals surface area contributed by atoms with Crippen molar-refractivity contribution in [3.63, 3.8) is 0 Å². The zero-order valence-corrected chi connectivity index (χ0v) is 14.4. The molecule has 9 heteroatoms. The predicted molar refractivity (Wildman–Crippen MR) is 90.7 cm³/mol. The monoisotopic (exact) mass is 360 g/mol. The molecule has 1 aliphatic rings. The van der Waals surface area contributed by atoms with E-state index in [-0.39, 0.29) is 30.3 Å². The Kier molecular flexibility index (Phi) is 5.80. The highest BCUT2D eigenvalue weighted by Crippen LogP contribution is 2.16. The first kappa shape index (κ1) is 17.9. The molecule has 0 saturated carbocycles. The molecule has 0 radical (unpaired) electrons. The zero-order valence-electron chi connectivity index (χ0n) is 14.4. The molecule has 1 aromatic heterocycles. The van der Waals surface area contributed by atoms with Crippen LogP contribution >= 0.6 is 0 Å². The van der Waals surface area contributed by atoms with Gasteiger partial charge >= 0.3 is 11.8 Å². The van der Waals surface area contributed by atoms with Crippen molar-refractivity contribution in [3.05, 3.63) is 36.0 Å². The summed E-state index contributed by atoms with van der Waals surface area (Å²) in [5.74, 6) is 0.156. The standard InChI is InChI=1S/C17H20N4O5/c1-11(22)19-12-4-6-13(7-5-12)25-10-15-20-17(26-21-15)16(23)18-9-14-3-2-8-24-14/h4-7,14H,2-3,8-10H2,1H3,(H,18,23)(H,19,22)/t14-/m0/s1. The summed E-state index contributed by atoms with van der Waals surface area (Å²) in [4.78, 5) is 27.0. The lowest BCUT2D eigenvalue weighted by Crippen LogP contribution is -2.31. The Labute approximate surface area is 150 Å². The molecule has 0 aliphatic carbocycles. The fourth-order valence-corrected chi connectivity index (χ4v) is 2.48. The molecule has 1 saturated heterocycles. The van der Waals surface area contributed by atoms with Crippen molar-refractivity contribution in [1.29, 1.82) is 0 Å². The van der Waals surface area contributed by atoms with Gasteiger partial charge in [-0.25, -0.2) is 0 Å². The second-order valence-corrected chi connectivity index (χ2v) is 5.86. The average Bonchev–Trinajstić information content (AvgIpc) is 3.30. The molecule has 9 nitrogen and oxygen atoms in total. The minimum absolute atomic E-state index is 0.0464. The second kappa shape index (κ2) is 8.43. The number of ether oxygens (including phenoxy) is 2. The molecule has 1 aliphatic heterocycles. The smallest absolute Gasteiger partial charge is 0.316 e. The van der Waals surface area contributed by atoms with E-state index in [9.17, 15) is 9.59 Å². The zero-order chi connectivity index (χ0) is 18.4. The fourth-order valence-electron chi connectivity index (χ4n) is 2.48. The first-order valence-corrected chi connectivity index (χ1v) is 8.33. The van der Waals surface area contributed by atoms with Crippen molar-refractivity contribution < 1.29 is 23.6 Å². The third kappa shape index (κ3) is 5.03. The van der Waals surface area contributed by atoms with Crippen molar-refractivity contribution in [1.82, 2.24) is 15.5 Å². The van der Waals surface area contributed by atoms with Gasteiger partial charge in [-0.05, 0) is 37.1 Å². The lowest BCUT2D eigenvalue weighted by atomic mass is 10.2. The van der Waals surface area contributed by atoms with Crippen molar-refractivity contribution in [2.24, 2.45) is 0 Å². The number of amides is 2. The minimum atomic E-state index is -0.432. The molecule has 1 fully saturated rings. The van der Waals surface area contributed by atoms with Gasteiger partial charge in [0.05, 0.1) is 6.10 Å². The third-order valence-electron chi connectivity index (χ3n) is 3.72. The van der Waals surface area contributed by atoms with Crippen LogP contribution in [0, 0.1) is 0 Å². The lowest BCUT2D eigenvalue weighted by molar-refractivity contribution is -0.114. The van der Waals surface area contributed by atoms with E-state index in [2.05, 4.69) is 20.8 Å². The van der Waals surface area contributed by atoms with Crippen LogP contribution < -0.4 is 15.4 Å². The predicted octanol–water partition coefficient (Wildman–Crippen LogP) is 1.52. The van der Waals surface area contributed by atoms with E-state index in [1.807, 2.05) is 0 Å². The van der Waals surface area contributed by atoms with Crippen LogP contribution in [0.5, 0.6) is 5.75 Å². The number of hydrogen-bond donors (Lipinski definition) is 2. The fraction of sp³-hybridized carbons (Fsp3) is 0.412. The molecule has 2 N–H and O–H groups in total. The maximum atomic E-state index is 12.0. The summed E-state index contributed by atoms with van der Waals surface area (Å²) in [5, 5.41) is 9.11. The van der Waals surface area contributed by atoms with Crippen LogP contribution in [0.3, 0.4) is 0 Å². The van der Waals surface area contributed by atoms with Gasteiger partial charge in [-0.3, -0.25) is 9.59 Å². The van der Waals surface area contributed by atoms with E-state index in [1.165, 1.54) is 6.92 Å². The van der Waals surface area contributed by atoms with Crippen LogP contribution in [0.1, 0.15) is 36.3 Å². The first-order valence-electron chi connectivity index (χ1n) is 8.33. The number of hydrogen-bond acceptors (Lipinski definition) is 7. The SMILES string of the molecule is CC(=O)Nc1ccc(OCc2noc(C(=O)NC[C@@H]3CCCO3)n2)cc1. The number of nitrogens with one attached hydrogen (secondary N) is 2. The number of aromatic nitrogens is 2. The summed E-state index contributed by atoms with van der Waals surface area (Å²) in [6.07, 6.45) is 1.99. The number of rotatable bonds is 7. The molecule has 0 spiro atoms. The number of benzene rings is 1. The van der Waals surface area contributed by atoms with E-state index in [0.29, 0.717) is 18.0 Å². The highest BCUT2D eigenvalue weighted by molar-refractivity contribution is 5.89. The van der Waals surface area contributed by atoms with Gasteiger partial charge in [0, 0.05) is 25.8 Å². The molecule has 0 bridgehead atoms. The second-order valence-electron chi connectivity index (χ2n) is 5.86. The van der Waals surface area contributed by atoms with Crippen LogP contribution in [0.4, 0.5) is 5.69 Å². The molecule has 3 rings (SSSR count). The number of carbonyl (C=O) groups excluding carboxylic acids is 2. The van der Waals surface area contributed by atoms with Gasteiger partial charge in [0.2, 0.25) is 11.7 Å². The summed E-state index contributed by atoms with van der Waals surface area (Å²) in [7, 11) is 0. The van der Waals surface area contributed by atoms with E-state index in [0.717, 1.165) is 19.4 Å². The van der Waals surface area contributed by atoms with E-state index in [1.54, 1.807) is 24.3 Å². The van der Waals surface area contributed by atoms with Crippen molar-refractivity contribution in [2.75, 3.05) is 18.5 Å². The topological polar surface area (TPSA) is 116 Å². The molecule has 1 atom stereocenters. The number of carbonyl (C=O) groups is 2. The van der Waals surface area contributed by atoms with E-state index in [4.69, 9.17) is 14.0 Å². The molecule has 2 aromatic rings. The Bertz CT molecular complexity index is 753. The lowest BCUT2D eigenvalue weighted by Gasteiger charge is -2.08. The van der Waals surface area contributed by atoms with Gasteiger partial charge in [-0.1, -0.05) is 5.16 Å². The summed E-state index contributed by atoms with van der Waals surface area (Å²) in [6.45, 7) is 2.65. The van der Waals surface area contributed by atoms with Gasteiger partial charge < -0.3 is 24.6 Å². The summed E-state index contributed by atoms with van der Waals surface area (Å²) >= 11 is 0. The maximum Gasteiger partial charge on any atom is 0.316 e. The van der Waals surface area contributed by atoms with Crippen molar-refractivity contribution in [2.45, 2.75) is 32.5 Å². The quantitative estimate of drug-likeness (QED) is 0.769. The molecule has 2 amide bonds. The summed E-state index contributed by atoms with van der Waals surface area (Å²) < 4.78 is 15.9. The largest absolute Gasteiger partial charge is 0.485 e. The van der Waals surface area contributed by atoms with E-state index < -0.39 is 5.91 Å². The Morgan fingerprint density at radius 1 is 1.31 bits per heavy atom. The van der Waals surface area contributed by atoms with Gasteiger partial charge in [-0.2, -0.15) is 4.98 Å². The van der Waals surface area contributed by atoms with E-state index >= 15 is 0 Å². The number of anilines is 1. The molecular weight excluding hydrogens is 340 g/mol. The van der Waals surface area contributed by atoms with Gasteiger partial charge in [0.25, 0.3) is 0 Å². The van der Waals surface area contributed by atoms with Crippen molar-refractivity contribution in [3.8, 4) is 5.75 Å². The molecule has 0 unspecified atom stereocenters. The minimum Gasteiger partial charge on any atom is -0.485 e. The molecule has 2 heterocycles. The van der Waals surface area contributed by atoms with Gasteiger partial charge in [-0.15, -0.1) is 0 Å². The summed E-state index contributed by atoms with van der Waals surface area (Å²) in [6, 6.07) is 6.86. The summed E-state index contributed by atoms with van der Waals surface area (Å²) in [5.41, 5.74) is 0.676. The van der Waals surface area contributed by atoms with Gasteiger partial charge in [0.1, 0.15) is 5.75 Å². The number of nitrogens with zero attached hydrogens (tertiary/aromatic N) is 2. The third-order valence-corrected chi connectivity index (χ3v) is 3.72. The highest BCUT2D eigenvalue weighted by atomic mass is 16.5. The molecule has 26 heavy (non-hydrogen) atoms. The molecule has 138 valence electrons. The van der Waals surface area contributed by atoms with Crippen molar-refractivity contribution >= 4 is 17.5 Å². The Morgan fingerprint density at radius 2 is 2.12 bits per heavy atom. The first-order chi connectivity index (χ1) is 12.6. The Hall–Kier alpha value is -2.94. The Balaban J connectivity index is 1.47. The van der Waals surface area contributed by atoms with Crippen LogP contribution in [-0.2, 0) is 16.1 Å². The highest BCUT2D eigenvalue weighted by Gasteiger charge is 2.19. The normalized spacial score (nSPS) is 16.3. The van der Waals surface area contributed by atoms with Crippen LogP contribution in [0.25, 0.3) is 0 Å². The van der Waals surface area contributed by atoms with Crippen LogP contribution in [0.2, 0.25) is 0 Å². The maximum absolute atomic E-state index is 12.0. The Morgan fingerprint density at radius 3 is 2.81 bits per heavy atom. The van der Waals surface area contributed by atoms with Crippen LogP contribution in [-0.4, -0.2) is 41.2 Å². The van der Waals surface area contributed by atoms with Gasteiger partial charge in [0.15, 0.2) is 6.61 Å². The molecular formula is C17H20N4O5. The average molecular weight is 360 g/mol.